The Balaban J connectivity index is 1.99. The van der Waals surface area contributed by atoms with Gasteiger partial charge in [-0.15, -0.1) is 0 Å². The highest BCUT2D eigenvalue weighted by Crippen LogP contribution is 2.39. The summed E-state index contributed by atoms with van der Waals surface area (Å²) < 4.78 is 5.18. The highest BCUT2D eigenvalue weighted by atomic mass is 16.5. The van der Waals surface area contributed by atoms with Crippen LogP contribution < -0.4 is 15.8 Å². The Morgan fingerprint density at radius 1 is 1.44 bits per heavy atom. The molecule has 0 spiro atoms. The molecular weight excluding hydrogens is 228 g/mol. The molecule has 4 heteroatoms. The van der Waals surface area contributed by atoms with Gasteiger partial charge in [0.15, 0.2) is 0 Å². The van der Waals surface area contributed by atoms with Crippen molar-refractivity contribution in [3.05, 3.63) is 29.8 Å². The number of carbonyl (C=O) groups is 1. The van der Waals surface area contributed by atoms with Crippen molar-refractivity contribution < 1.29 is 9.53 Å². The van der Waals surface area contributed by atoms with Gasteiger partial charge in [0.25, 0.3) is 5.91 Å². The molecule has 0 aromatic heterocycles. The molecule has 1 saturated carbocycles. The second kappa shape index (κ2) is 5.40. The van der Waals surface area contributed by atoms with E-state index < -0.39 is 0 Å². The van der Waals surface area contributed by atoms with Gasteiger partial charge < -0.3 is 15.8 Å². The summed E-state index contributed by atoms with van der Waals surface area (Å²) in [6.07, 6.45) is 3.42. The third-order valence-corrected chi connectivity index (χ3v) is 3.82. The van der Waals surface area contributed by atoms with Crippen LogP contribution >= 0.6 is 0 Å². The summed E-state index contributed by atoms with van der Waals surface area (Å²) in [5, 5.41) is 2.97. The molecule has 0 bridgehead atoms. The van der Waals surface area contributed by atoms with Crippen molar-refractivity contribution in [1.82, 2.24) is 5.32 Å². The van der Waals surface area contributed by atoms with Crippen molar-refractivity contribution >= 4 is 5.91 Å². The molecule has 0 atom stereocenters. The van der Waals surface area contributed by atoms with Crippen LogP contribution in [0.25, 0.3) is 0 Å². The van der Waals surface area contributed by atoms with Crippen molar-refractivity contribution in [2.75, 3.05) is 20.2 Å². The molecular formula is C14H20N2O2. The number of methoxy groups -OCH3 is 1. The van der Waals surface area contributed by atoms with Crippen molar-refractivity contribution in [2.45, 2.75) is 19.3 Å². The zero-order valence-corrected chi connectivity index (χ0v) is 10.7. The fourth-order valence-electron chi connectivity index (χ4n) is 2.33. The molecule has 3 N–H and O–H groups in total. The quantitative estimate of drug-likeness (QED) is 0.831. The van der Waals surface area contributed by atoms with Crippen LogP contribution in [0.15, 0.2) is 24.3 Å². The third-order valence-electron chi connectivity index (χ3n) is 3.82. The number of ether oxygens (including phenoxy) is 1. The standard InChI is InChI=1S/C14H20N2O2/c1-18-12-6-3-2-5-11(12)13(17)16-10-14(9-15)7-4-8-14/h2-3,5-6H,4,7-10,15H2,1H3,(H,16,17). The van der Waals surface area contributed by atoms with E-state index >= 15 is 0 Å². The normalized spacial score (nSPS) is 16.8. The summed E-state index contributed by atoms with van der Waals surface area (Å²) in [6, 6.07) is 7.24. The zero-order valence-electron chi connectivity index (χ0n) is 10.7. The Morgan fingerprint density at radius 3 is 2.72 bits per heavy atom. The molecule has 2 rings (SSSR count). The van der Waals surface area contributed by atoms with Gasteiger partial charge in [0.05, 0.1) is 12.7 Å². The molecule has 1 aliphatic rings. The first-order chi connectivity index (χ1) is 8.71. The molecule has 0 radical (unpaired) electrons. The fraction of sp³-hybridized carbons (Fsp3) is 0.500. The van der Waals surface area contributed by atoms with E-state index in [2.05, 4.69) is 5.32 Å². The van der Waals surface area contributed by atoms with Crippen molar-refractivity contribution in [2.24, 2.45) is 11.1 Å². The molecule has 0 heterocycles. The number of nitrogens with two attached hydrogens (primary N) is 1. The lowest BCUT2D eigenvalue weighted by Crippen LogP contribution is -2.46. The van der Waals surface area contributed by atoms with E-state index in [1.165, 1.54) is 6.42 Å². The SMILES string of the molecule is COc1ccccc1C(=O)NCC1(CN)CCC1. The molecule has 1 amide bonds. The van der Waals surface area contributed by atoms with E-state index in [9.17, 15) is 4.79 Å². The highest BCUT2D eigenvalue weighted by molar-refractivity contribution is 5.96. The fourth-order valence-corrected chi connectivity index (χ4v) is 2.33. The smallest absolute Gasteiger partial charge is 0.255 e. The topological polar surface area (TPSA) is 64.3 Å². The molecule has 0 saturated heterocycles. The average molecular weight is 248 g/mol. The van der Waals surface area contributed by atoms with Crippen LogP contribution in [0.2, 0.25) is 0 Å². The monoisotopic (exact) mass is 248 g/mol. The third kappa shape index (κ3) is 2.48. The maximum Gasteiger partial charge on any atom is 0.255 e. The van der Waals surface area contributed by atoms with E-state index in [4.69, 9.17) is 10.5 Å². The first kappa shape index (κ1) is 12.9. The van der Waals surface area contributed by atoms with Crippen LogP contribution in [0.1, 0.15) is 29.6 Å². The van der Waals surface area contributed by atoms with Crippen LogP contribution in [0.4, 0.5) is 0 Å². The van der Waals surface area contributed by atoms with Crippen LogP contribution in [0, 0.1) is 5.41 Å². The number of hydrogen-bond acceptors (Lipinski definition) is 3. The second-order valence-corrected chi connectivity index (χ2v) is 4.94. The number of benzene rings is 1. The van der Waals surface area contributed by atoms with E-state index in [0.29, 0.717) is 24.4 Å². The molecule has 98 valence electrons. The zero-order chi connectivity index (χ0) is 13.0. The molecule has 1 aromatic rings. The minimum Gasteiger partial charge on any atom is -0.496 e. The Labute approximate surface area is 108 Å². The van der Waals surface area contributed by atoms with Crippen LogP contribution in [0.3, 0.4) is 0 Å². The Kier molecular flexibility index (Phi) is 3.87. The summed E-state index contributed by atoms with van der Waals surface area (Å²) in [5.74, 6) is 0.512. The summed E-state index contributed by atoms with van der Waals surface area (Å²) in [6.45, 7) is 1.29. The van der Waals surface area contributed by atoms with Crippen LogP contribution in [-0.4, -0.2) is 26.1 Å². The van der Waals surface area contributed by atoms with E-state index in [0.717, 1.165) is 12.8 Å². The summed E-state index contributed by atoms with van der Waals surface area (Å²) in [7, 11) is 1.57. The molecule has 1 aliphatic carbocycles. The van der Waals surface area contributed by atoms with Crippen molar-refractivity contribution in [1.29, 1.82) is 0 Å². The minimum atomic E-state index is -0.0906. The van der Waals surface area contributed by atoms with Gasteiger partial charge >= 0.3 is 0 Å². The Bertz CT molecular complexity index is 422. The highest BCUT2D eigenvalue weighted by Gasteiger charge is 2.35. The number of amides is 1. The maximum atomic E-state index is 12.1. The van der Waals surface area contributed by atoms with Crippen molar-refractivity contribution in [3.63, 3.8) is 0 Å². The number of hydrogen-bond donors (Lipinski definition) is 2. The molecule has 4 nitrogen and oxygen atoms in total. The van der Waals surface area contributed by atoms with E-state index in [1.807, 2.05) is 12.1 Å². The van der Waals surface area contributed by atoms with Gasteiger partial charge in [0, 0.05) is 6.54 Å². The molecule has 1 aromatic carbocycles. The van der Waals surface area contributed by atoms with Gasteiger partial charge in [-0.05, 0) is 36.9 Å². The Morgan fingerprint density at radius 2 is 2.17 bits per heavy atom. The summed E-state index contributed by atoms with van der Waals surface area (Å²) >= 11 is 0. The molecule has 0 unspecified atom stereocenters. The van der Waals surface area contributed by atoms with Crippen LogP contribution in [0.5, 0.6) is 5.75 Å². The molecule has 0 aliphatic heterocycles. The lowest BCUT2D eigenvalue weighted by atomic mass is 9.69. The number of rotatable bonds is 5. The molecule has 18 heavy (non-hydrogen) atoms. The predicted molar refractivity (Wildman–Crippen MR) is 70.7 cm³/mol. The largest absolute Gasteiger partial charge is 0.496 e. The van der Waals surface area contributed by atoms with Gasteiger partial charge in [0.1, 0.15) is 5.75 Å². The Hall–Kier alpha value is -1.55. The lowest BCUT2D eigenvalue weighted by molar-refractivity contribution is 0.0873. The second-order valence-electron chi connectivity index (χ2n) is 4.94. The van der Waals surface area contributed by atoms with Gasteiger partial charge in [-0.2, -0.15) is 0 Å². The van der Waals surface area contributed by atoms with Gasteiger partial charge in [-0.25, -0.2) is 0 Å². The average Bonchev–Trinajstić information content (AvgIpc) is 2.37. The van der Waals surface area contributed by atoms with Gasteiger partial charge in [-0.3, -0.25) is 4.79 Å². The van der Waals surface area contributed by atoms with Gasteiger partial charge in [-0.1, -0.05) is 18.6 Å². The van der Waals surface area contributed by atoms with Gasteiger partial charge in [0.2, 0.25) is 0 Å². The maximum absolute atomic E-state index is 12.1. The first-order valence-corrected chi connectivity index (χ1v) is 6.32. The molecule has 1 fully saturated rings. The summed E-state index contributed by atoms with van der Waals surface area (Å²) in [4.78, 5) is 12.1. The number of para-hydroxylation sites is 1. The lowest BCUT2D eigenvalue weighted by Gasteiger charge is -2.41. The number of carbonyl (C=O) groups excluding carboxylic acids is 1. The van der Waals surface area contributed by atoms with E-state index in [-0.39, 0.29) is 11.3 Å². The van der Waals surface area contributed by atoms with Crippen LogP contribution in [-0.2, 0) is 0 Å². The first-order valence-electron chi connectivity index (χ1n) is 6.32. The van der Waals surface area contributed by atoms with E-state index in [1.54, 1.807) is 19.2 Å². The van der Waals surface area contributed by atoms with Crippen molar-refractivity contribution in [3.8, 4) is 5.75 Å². The minimum absolute atomic E-state index is 0.0906. The summed E-state index contributed by atoms with van der Waals surface area (Å²) in [5.41, 5.74) is 6.47. The predicted octanol–water partition coefficient (Wildman–Crippen LogP) is 1.55. The number of nitrogens with one attached hydrogen (secondary N) is 1.